The first-order valence-electron chi connectivity index (χ1n) is 8.43. The Labute approximate surface area is 172 Å². The second-order valence-electron chi connectivity index (χ2n) is 6.14. The Balaban J connectivity index is 2.17. The van der Waals surface area contributed by atoms with Crippen molar-refractivity contribution < 1.29 is 19.4 Å². The summed E-state index contributed by atoms with van der Waals surface area (Å²) >= 11 is 12.1. The molecule has 0 saturated carbocycles. The molecule has 146 valence electrons. The maximum Gasteiger partial charge on any atom is 0.282 e. The molecule has 28 heavy (non-hydrogen) atoms. The quantitative estimate of drug-likeness (QED) is 0.726. The lowest BCUT2D eigenvalue weighted by molar-refractivity contribution is -0.120. The number of likely N-dealkylation sites (N-methyl/N-ethyl adjacent to an activating group) is 1. The van der Waals surface area contributed by atoms with Crippen LogP contribution in [0.4, 0.5) is 5.69 Å². The van der Waals surface area contributed by atoms with Crippen LogP contribution in [-0.2, 0) is 9.59 Å². The molecule has 2 amide bonds. The van der Waals surface area contributed by atoms with Gasteiger partial charge in [0, 0.05) is 23.6 Å². The molecule has 2 aromatic rings. The van der Waals surface area contributed by atoms with E-state index in [4.69, 9.17) is 27.9 Å². The molecule has 1 heterocycles. The number of nitrogens with zero attached hydrogens (tertiary/aromatic N) is 2. The fourth-order valence-corrected chi connectivity index (χ4v) is 3.36. The molecule has 8 heteroatoms. The number of amides is 2. The van der Waals surface area contributed by atoms with Gasteiger partial charge in [0.25, 0.3) is 11.8 Å². The van der Waals surface area contributed by atoms with Gasteiger partial charge < -0.3 is 14.7 Å². The molecule has 1 aliphatic rings. The van der Waals surface area contributed by atoms with Crippen molar-refractivity contribution in [1.29, 1.82) is 0 Å². The monoisotopic (exact) mass is 420 g/mol. The average Bonchev–Trinajstić information content (AvgIpc) is 2.93. The standard InChI is InChI=1S/C20H18Cl2N2O4/c1-23(9-10-25)18-17(12-3-5-13(21)6-4-12)19(26)24(20(18)27)15-11-14(22)7-8-16(15)28-2/h3-8,11,25H,9-10H2,1-2H3. The molecular weight excluding hydrogens is 403 g/mol. The maximum atomic E-state index is 13.3. The van der Waals surface area contributed by atoms with Gasteiger partial charge >= 0.3 is 0 Å². The third-order valence-electron chi connectivity index (χ3n) is 4.39. The molecule has 0 atom stereocenters. The fourth-order valence-electron chi connectivity index (χ4n) is 3.07. The van der Waals surface area contributed by atoms with Crippen LogP contribution in [-0.4, -0.2) is 49.1 Å². The van der Waals surface area contributed by atoms with E-state index in [1.165, 1.54) is 13.2 Å². The zero-order valence-corrected chi connectivity index (χ0v) is 16.8. The summed E-state index contributed by atoms with van der Waals surface area (Å²) in [6.45, 7) is 0.0157. The van der Waals surface area contributed by atoms with Gasteiger partial charge in [-0.25, -0.2) is 4.90 Å². The normalized spacial score (nSPS) is 14.1. The van der Waals surface area contributed by atoms with E-state index in [9.17, 15) is 14.7 Å². The van der Waals surface area contributed by atoms with E-state index in [2.05, 4.69) is 0 Å². The second kappa shape index (κ2) is 8.22. The minimum Gasteiger partial charge on any atom is -0.495 e. The van der Waals surface area contributed by atoms with Crippen LogP contribution in [0.3, 0.4) is 0 Å². The van der Waals surface area contributed by atoms with Crippen molar-refractivity contribution in [2.75, 3.05) is 32.2 Å². The summed E-state index contributed by atoms with van der Waals surface area (Å²) < 4.78 is 5.31. The fraction of sp³-hybridized carbons (Fsp3) is 0.200. The van der Waals surface area contributed by atoms with Gasteiger partial charge in [0.2, 0.25) is 0 Å². The number of rotatable bonds is 6. The highest BCUT2D eigenvalue weighted by Crippen LogP contribution is 2.39. The highest BCUT2D eigenvalue weighted by Gasteiger charge is 2.42. The SMILES string of the molecule is COc1ccc(Cl)cc1N1C(=O)C(c2ccc(Cl)cc2)=C(N(C)CCO)C1=O. The van der Waals surface area contributed by atoms with Gasteiger partial charge in [0.1, 0.15) is 11.4 Å². The third-order valence-corrected chi connectivity index (χ3v) is 4.88. The van der Waals surface area contributed by atoms with Gasteiger partial charge in [-0.15, -0.1) is 0 Å². The van der Waals surface area contributed by atoms with Crippen LogP contribution in [0, 0.1) is 0 Å². The first kappa shape index (κ1) is 20.2. The van der Waals surface area contributed by atoms with Gasteiger partial charge in [0.15, 0.2) is 0 Å². The highest BCUT2D eigenvalue weighted by atomic mass is 35.5. The van der Waals surface area contributed by atoms with Gasteiger partial charge in [0.05, 0.1) is 25.0 Å². The number of aliphatic hydroxyl groups excluding tert-OH is 1. The lowest BCUT2D eigenvalue weighted by Crippen LogP contribution is -2.35. The van der Waals surface area contributed by atoms with E-state index < -0.39 is 11.8 Å². The lowest BCUT2D eigenvalue weighted by Gasteiger charge is -2.21. The Bertz CT molecular complexity index is 957. The van der Waals surface area contributed by atoms with E-state index in [1.807, 2.05) is 0 Å². The largest absolute Gasteiger partial charge is 0.495 e. The Morgan fingerprint density at radius 1 is 1.04 bits per heavy atom. The molecule has 0 spiro atoms. The van der Waals surface area contributed by atoms with Gasteiger partial charge in [-0.3, -0.25) is 9.59 Å². The first-order valence-corrected chi connectivity index (χ1v) is 9.19. The van der Waals surface area contributed by atoms with Crippen molar-refractivity contribution in [3.8, 4) is 5.75 Å². The molecule has 0 aromatic heterocycles. The number of anilines is 1. The van der Waals surface area contributed by atoms with Crippen LogP contribution < -0.4 is 9.64 Å². The third kappa shape index (κ3) is 3.58. The smallest absolute Gasteiger partial charge is 0.282 e. The molecule has 0 bridgehead atoms. The number of halogens is 2. The Hall–Kier alpha value is -2.54. The molecule has 2 aromatic carbocycles. The van der Waals surface area contributed by atoms with Gasteiger partial charge in [-0.2, -0.15) is 0 Å². The topological polar surface area (TPSA) is 70.1 Å². The maximum absolute atomic E-state index is 13.3. The number of methoxy groups -OCH3 is 1. The number of hydrogen-bond acceptors (Lipinski definition) is 5. The van der Waals surface area contributed by atoms with Crippen LogP contribution in [0.5, 0.6) is 5.75 Å². The van der Waals surface area contributed by atoms with E-state index in [-0.39, 0.29) is 30.1 Å². The minimum absolute atomic E-state index is 0.171. The number of imide groups is 1. The summed E-state index contributed by atoms with van der Waals surface area (Å²) in [6, 6.07) is 11.4. The molecule has 1 N–H and O–H groups in total. The molecule has 1 aliphatic heterocycles. The number of ether oxygens (including phenoxy) is 1. The molecule has 6 nitrogen and oxygen atoms in total. The van der Waals surface area contributed by atoms with Crippen LogP contribution in [0.1, 0.15) is 5.56 Å². The first-order chi connectivity index (χ1) is 13.4. The minimum atomic E-state index is -0.522. The van der Waals surface area contributed by atoms with Crippen molar-refractivity contribution in [2.24, 2.45) is 0 Å². The summed E-state index contributed by atoms with van der Waals surface area (Å²) in [6.07, 6.45) is 0. The van der Waals surface area contributed by atoms with Crippen LogP contribution >= 0.6 is 23.2 Å². The van der Waals surface area contributed by atoms with Crippen molar-refractivity contribution in [3.63, 3.8) is 0 Å². The predicted octanol–water partition coefficient (Wildman–Crippen LogP) is 3.21. The van der Waals surface area contributed by atoms with Crippen molar-refractivity contribution >= 4 is 46.3 Å². The highest BCUT2D eigenvalue weighted by molar-refractivity contribution is 6.46. The molecule has 0 fully saturated rings. The molecule has 0 radical (unpaired) electrons. The van der Waals surface area contributed by atoms with Crippen LogP contribution in [0.15, 0.2) is 48.2 Å². The molecule has 3 rings (SSSR count). The van der Waals surface area contributed by atoms with E-state index in [1.54, 1.807) is 48.3 Å². The molecule has 0 aliphatic carbocycles. The van der Waals surface area contributed by atoms with Crippen molar-refractivity contribution in [2.45, 2.75) is 0 Å². The lowest BCUT2D eigenvalue weighted by atomic mass is 10.0. The number of carbonyl (C=O) groups excluding carboxylic acids is 2. The summed E-state index contributed by atoms with van der Waals surface area (Å²) in [5, 5.41) is 10.2. The molecular formula is C20H18Cl2N2O4. The zero-order valence-electron chi connectivity index (χ0n) is 15.3. The average molecular weight is 421 g/mol. The van der Waals surface area contributed by atoms with E-state index >= 15 is 0 Å². The molecule has 0 saturated heterocycles. The predicted molar refractivity (Wildman–Crippen MR) is 109 cm³/mol. The summed E-state index contributed by atoms with van der Waals surface area (Å²) in [4.78, 5) is 29.2. The number of carbonyl (C=O) groups is 2. The summed E-state index contributed by atoms with van der Waals surface area (Å²) in [5.41, 5.74) is 1.21. The Morgan fingerprint density at radius 3 is 2.29 bits per heavy atom. The van der Waals surface area contributed by atoms with Gasteiger partial charge in [-0.1, -0.05) is 35.3 Å². The summed E-state index contributed by atoms with van der Waals surface area (Å²) in [7, 11) is 3.09. The van der Waals surface area contributed by atoms with E-state index in [0.29, 0.717) is 21.4 Å². The Kier molecular flexibility index (Phi) is 5.93. The number of hydrogen-bond donors (Lipinski definition) is 1. The zero-order chi connectivity index (χ0) is 20.4. The molecule has 0 unspecified atom stereocenters. The number of benzene rings is 2. The second-order valence-corrected chi connectivity index (χ2v) is 7.01. The number of aliphatic hydroxyl groups is 1. The van der Waals surface area contributed by atoms with Crippen molar-refractivity contribution in [1.82, 2.24) is 4.90 Å². The van der Waals surface area contributed by atoms with Crippen LogP contribution in [0.25, 0.3) is 5.57 Å². The van der Waals surface area contributed by atoms with Crippen molar-refractivity contribution in [3.05, 3.63) is 63.8 Å². The summed E-state index contributed by atoms with van der Waals surface area (Å²) in [5.74, 6) is -0.688. The Morgan fingerprint density at radius 2 is 1.68 bits per heavy atom. The van der Waals surface area contributed by atoms with Gasteiger partial charge in [-0.05, 0) is 35.9 Å². The van der Waals surface area contributed by atoms with Crippen LogP contribution in [0.2, 0.25) is 10.0 Å². The van der Waals surface area contributed by atoms with E-state index in [0.717, 1.165) is 4.90 Å².